The van der Waals surface area contributed by atoms with Crippen LogP contribution >= 0.6 is 0 Å². The third-order valence-electron chi connectivity index (χ3n) is 6.66. The molecule has 0 heterocycles. The third kappa shape index (κ3) is 9.07. The lowest BCUT2D eigenvalue weighted by molar-refractivity contribution is -0.116. The first kappa shape index (κ1) is 32.8. The second-order valence-corrected chi connectivity index (χ2v) is 11.4. The van der Waals surface area contributed by atoms with Gasteiger partial charge in [0.1, 0.15) is 17.2 Å². The zero-order valence-corrected chi connectivity index (χ0v) is 25.9. The number of methoxy groups -OCH3 is 3. The summed E-state index contributed by atoms with van der Waals surface area (Å²) in [6.07, 6.45) is 5.74. The van der Waals surface area contributed by atoms with Gasteiger partial charge in [-0.15, -0.1) is 0 Å². The smallest absolute Gasteiger partial charge is 0.315 e. The molecule has 0 aromatic heterocycles. The van der Waals surface area contributed by atoms with Crippen LogP contribution in [0.5, 0.6) is 17.2 Å². The van der Waals surface area contributed by atoms with Gasteiger partial charge in [-0.25, -0.2) is 4.79 Å². The maximum atomic E-state index is 13.0. The van der Waals surface area contributed by atoms with E-state index in [9.17, 15) is 9.59 Å². The molecule has 0 saturated heterocycles. The summed E-state index contributed by atoms with van der Waals surface area (Å²) in [4.78, 5) is 25.2. The molecule has 0 atom stereocenters. The number of hydrogen-bond donors (Lipinski definition) is 3. The number of carbonyl (C=O) groups excluding carboxylic acids is 2. The molecule has 2 rings (SSSR count). The molecule has 3 amide bonds. The fourth-order valence-electron chi connectivity index (χ4n) is 4.66. The molecule has 8 heteroatoms. The van der Waals surface area contributed by atoms with E-state index >= 15 is 0 Å². The van der Waals surface area contributed by atoms with E-state index in [2.05, 4.69) is 49.7 Å². The lowest BCUT2D eigenvalue weighted by Crippen LogP contribution is -2.39. The Hall–Kier alpha value is -3.42. The Morgan fingerprint density at radius 3 is 2.15 bits per heavy atom. The van der Waals surface area contributed by atoms with Crippen LogP contribution in [0.15, 0.2) is 24.3 Å². The SMILES string of the molecule is CCCCCCCC(=O)Nc1c(OC)cc(OC)c(-c2cc(CNC(=O)NC(C)C)ccc2C(C)(C)C)c1OC. The third-order valence-corrected chi connectivity index (χ3v) is 6.66. The maximum Gasteiger partial charge on any atom is 0.315 e. The van der Waals surface area contributed by atoms with Crippen LogP contribution in [0.3, 0.4) is 0 Å². The van der Waals surface area contributed by atoms with Crippen LogP contribution in [0.2, 0.25) is 0 Å². The Labute approximate surface area is 240 Å². The molecule has 0 spiro atoms. The van der Waals surface area contributed by atoms with Crippen molar-refractivity contribution in [1.29, 1.82) is 0 Å². The average Bonchev–Trinajstić information content (AvgIpc) is 2.90. The highest BCUT2D eigenvalue weighted by Crippen LogP contribution is 2.51. The van der Waals surface area contributed by atoms with E-state index < -0.39 is 0 Å². The van der Waals surface area contributed by atoms with Gasteiger partial charge in [0.2, 0.25) is 5.91 Å². The van der Waals surface area contributed by atoms with E-state index in [1.165, 1.54) is 6.42 Å². The number of urea groups is 1. The predicted octanol–water partition coefficient (Wildman–Crippen LogP) is 7.18. The van der Waals surface area contributed by atoms with Crippen molar-refractivity contribution in [3.05, 3.63) is 35.4 Å². The highest BCUT2D eigenvalue weighted by Gasteiger charge is 2.28. The number of ether oxygens (including phenoxy) is 3. The first-order valence-electron chi connectivity index (χ1n) is 14.3. The molecule has 0 unspecified atom stereocenters. The van der Waals surface area contributed by atoms with Crippen LogP contribution < -0.4 is 30.2 Å². The normalized spacial score (nSPS) is 11.2. The fraction of sp³-hybridized carbons (Fsp3) is 0.562. The molecule has 0 aliphatic heterocycles. The molecule has 8 nitrogen and oxygen atoms in total. The number of amides is 3. The molecule has 3 N–H and O–H groups in total. The van der Waals surface area contributed by atoms with E-state index in [4.69, 9.17) is 14.2 Å². The zero-order chi connectivity index (χ0) is 29.9. The minimum atomic E-state index is -0.226. The van der Waals surface area contributed by atoms with Crippen molar-refractivity contribution in [1.82, 2.24) is 10.6 Å². The molecule has 222 valence electrons. The number of carbonyl (C=O) groups is 2. The van der Waals surface area contributed by atoms with Gasteiger partial charge in [0.05, 0.1) is 26.9 Å². The Kier molecular flexibility index (Phi) is 12.6. The van der Waals surface area contributed by atoms with Crippen molar-refractivity contribution in [2.45, 2.75) is 98.1 Å². The summed E-state index contributed by atoms with van der Waals surface area (Å²) in [5.74, 6) is 1.38. The Morgan fingerprint density at radius 2 is 1.57 bits per heavy atom. The molecule has 2 aromatic rings. The minimum Gasteiger partial charge on any atom is -0.496 e. The van der Waals surface area contributed by atoms with E-state index in [-0.39, 0.29) is 23.4 Å². The molecule has 40 heavy (non-hydrogen) atoms. The molecule has 0 aliphatic rings. The van der Waals surface area contributed by atoms with Gasteiger partial charge in [-0.2, -0.15) is 0 Å². The topological polar surface area (TPSA) is 97.9 Å². The van der Waals surface area contributed by atoms with E-state index in [1.54, 1.807) is 27.4 Å². The number of anilines is 1. The summed E-state index contributed by atoms with van der Waals surface area (Å²) in [5, 5.41) is 8.83. The highest BCUT2D eigenvalue weighted by molar-refractivity contribution is 5.98. The Bertz CT molecular complexity index is 1140. The highest BCUT2D eigenvalue weighted by atomic mass is 16.5. The average molecular weight is 556 g/mol. The van der Waals surface area contributed by atoms with Gasteiger partial charge in [-0.05, 0) is 48.4 Å². The molecule has 0 aliphatic carbocycles. The van der Waals surface area contributed by atoms with Gasteiger partial charge in [0, 0.05) is 25.1 Å². The number of hydrogen-bond acceptors (Lipinski definition) is 5. The summed E-state index contributed by atoms with van der Waals surface area (Å²) < 4.78 is 17.5. The summed E-state index contributed by atoms with van der Waals surface area (Å²) in [5.41, 5.74) is 3.84. The molecule has 0 saturated carbocycles. The largest absolute Gasteiger partial charge is 0.496 e. The Morgan fingerprint density at radius 1 is 0.900 bits per heavy atom. The van der Waals surface area contributed by atoms with Crippen LogP contribution in [-0.2, 0) is 16.8 Å². The Balaban J connectivity index is 2.60. The first-order chi connectivity index (χ1) is 19.0. The number of rotatable bonds is 14. The van der Waals surface area contributed by atoms with Crippen LogP contribution in [0.25, 0.3) is 11.1 Å². The van der Waals surface area contributed by atoms with Gasteiger partial charge < -0.3 is 30.2 Å². The first-order valence-corrected chi connectivity index (χ1v) is 14.3. The van der Waals surface area contributed by atoms with Crippen LogP contribution in [0.1, 0.15) is 91.2 Å². The summed E-state index contributed by atoms with van der Waals surface area (Å²) in [7, 11) is 4.74. The molecule has 2 aromatic carbocycles. The minimum absolute atomic E-state index is 0.0385. The van der Waals surface area contributed by atoms with Crippen molar-refractivity contribution >= 4 is 17.6 Å². The molecular weight excluding hydrogens is 506 g/mol. The van der Waals surface area contributed by atoms with E-state index in [0.29, 0.717) is 41.5 Å². The number of benzene rings is 2. The monoisotopic (exact) mass is 555 g/mol. The van der Waals surface area contributed by atoms with Crippen molar-refractivity contribution in [2.24, 2.45) is 0 Å². The van der Waals surface area contributed by atoms with Crippen LogP contribution in [0, 0.1) is 0 Å². The standard InChI is InChI=1S/C32H49N3O5/c1-10-11-12-13-14-15-27(36)35-29-26(39-8)19-25(38-7)28(30(29)40-9)23-18-22(16-17-24(23)32(4,5)6)20-33-31(37)34-21(2)3/h16-19,21H,10-15,20H2,1-9H3,(H,35,36)(H2,33,34,37). The molecule has 0 fully saturated rings. The second-order valence-electron chi connectivity index (χ2n) is 11.4. The molecular formula is C32H49N3O5. The molecule has 0 radical (unpaired) electrons. The lowest BCUT2D eigenvalue weighted by Gasteiger charge is -2.27. The summed E-state index contributed by atoms with van der Waals surface area (Å²) >= 11 is 0. The summed E-state index contributed by atoms with van der Waals surface area (Å²) in [6.45, 7) is 12.8. The number of nitrogens with one attached hydrogen (secondary N) is 3. The second kappa shape index (κ2) is 15.4. The van der Waals surface area contributed by atoms with Crippen molar-refractivity contribution < 1.29 is 23.8 Å². The van der Waals surface area contributed by atoms with Crippen LogP contribution in [-0.4, -0.2) is 39.3 Å². The van der Waals surface area contributed by atoms with Gasteiger partial charge >= 0.3 is 6.03 Å². The van der Waals surface area contributed by atoms with E-state index in [0.717, 1.165) is 42.4 Å². The van der Waals surface area contributed by atoms with Gasteiger partial charge in [-0.1, -0.05) is 65.5 Å². The molecule has 0 bridgehead atoms. The fourth-order valence-corrected chi connectivity index (χ4v) is 4.66. The predicted molar refractivity (Wildman–Crippen MR) is 163 cm³/mol. The van der Waals surface area contributed by atoms with Crippen molar-refractivity contribution in [3.63, 3.8) is 0 Å². The maximum absolute atomic E-state index is 13.0. The lowest BCUT2D eigenvalue weighted by atomic mass is 9.80. The van der Waals surface area contributed by atoms with Gasteiger partial charge in [-0.3, -0.25) is 4.79 Å². The zero-order valence-electron chi connectivity index (χ0n) is 25.9. The van der Waals surface area contributed by atoms with Crippen molar-refractivity contribution in [3.8, 4) is 28.4 Å². The van der Waals surface area contributed by atoms with Crippen LogP contribution in [0.4, 0.5) is 10.5 Å². The number of unbranched alkanes of at least 4 members (excludes halogenated alkanes) is 4. The van der Waals surface area contributed by atoms with Crippen molar-refractivity contribution in [2.75, 3.05) is 26.6 Å². The summed E-state index contributed by atoms with van der Waals surface area (Å²) in [6, 6.07) is 7.73. The van der Waals surface area contributed by atoms with E-state index in [1.807, 2.05) is 26.0 Å². The quantitative estimate of drug-likeness (QED) is 0.214. The van der Waals surface area contributed by atoms with Gasteiger partial charge in [0.15, 0.2) is 5.75 Å². The van der Waals surface area contributed by atoms with Gasteiger partial charge in [0.25, 0.3) is 0 Å².